The lowest BCUT2D eigenvalue weighted by Crippen LogP contribution is -2.54. The van der Waals surface area contributed by atoms with E-state index in [9.17, 15) is 9.59 Å². The Morgan fingerprint density at radius 3 is 2.32 bits per heavy atom. The fourth-order valence-electron chi connectivity index (χ4n) is 4.67. The van der Waals surface area contributed by atoms with Crippen LogP contribution < -0.4 is 10.1 Å². The summed E-state index contributed by atoms with van der Waals surface area (Å²) in [7, 11) is 0. The topological polar surface area (TPSA) is 71.1 Å². The van der Waals surface area contributed by atoms with Gasteiger partial charge < -0.3 is 14.8 Å². The van der Waals surface area contributed by atoms with Gasteiger partial charge >= 0.3 is 6.09 Å². The monoisotopic (exact) mass is 509 g/mol. The highest BCUT2D eigenvalue weighted by molar-refractivity contribution is 5.86. The first-order valence-corrected chi connectivity index (χ1v) is 13.3. The third kappa shape index (κ3) is 8.22. The number of carbonyl (C=O) groups excluding carboxylic acids is 2. The lowest BCUT2D eigenvalue weighted by atomic mass is 9.93. The van der Waals surface area contributed by atoms with Gasteiger partial charge in [-0.05, 0) is 77.3 Å². The van der Waals surface area contributed by atoms with Gasteiger partial charge in [-0.25, -0.2) is 4.79 Å². The minimum Gasteiger partial charge on any atom is -0.489 e. The zero-order valence-corrected chi connectivity index (χ0v) is 23.4. The summed E-state index contributed by atoms with van der Waals surface area (Å²) in [5, 5.41) is 3.07. The van der Waals surface area contributed by atoms with E-state index in [1.165, 1.54) is 0 Å². The van der Waals surface area contributed by atoms with Crippen molar-refractivity contribution in [2.24, 2.45) is 0 Å². The highest BCUT2D eigenvalue weighted by atomic mass is 16.6. The number of rotatable bonds is 9. The molecule has 37 heavy (non-hydrogen) atoms. The molecule has 0 bridgehead atoms. The average molecular weight is 510 g/mol. The van der Waals surface area contributed by atoms with E-state index in [-0.39, 0.29) is 5.91 Å². The second-order valence-electron chi connectivity index (χ2n) is 11.2. The van der Waals surface area contributed by atoms with Gasteiger partial charge in [0, 0.05) is 31.6 Å². The van der Waals surface area contributed by atoms with E-state index in [4.69, 9.17) is 9.47 Å². The Hall–Kier alpha value is -3.06. The average Bonchev–Trinajstić information content (AvgIpc) is 2.83. The summed E-state index contributed by atoms with van der Waals surface area (Å²) in [6.45, 7) is 16.2. The van der Waals surface area contributed by atoms with Gasteiger partial charge in [0.25, 0.3) is 0 Å². The van der Waals surface area contributed by atoms with E-state index in [0.29, 0.717) is 38.2 Å². The van der Waals surface area contributed by atoms with Gasteiger partial charge in [0.1, 0.15) is 24.0 Å². The maximum absolute atomic E-state index is 13.4. The Bertz CT molecular complexity index is 1040. The zero-order chi connectivity index (χ0) is 27.2. The number of benzene rings is 2. The van der Waals surface area contributed by atoms with Crippen molar-refractivity contribution in [2.75, 3.05) is 13.1 Å². The molecule has 0 saturated carbocycles. The minimum atomic E-state index is -0.654. The largest absolute Gasteiger partial charge is 0.489 e. The third-order valence-corrected chi connectivity index (χ3v) is 6.48. The summed E-state index contributed by atoms with van der Waals surface area (Å²) in [5.41, 5.74) is 2.44. The van der Waals surface area contributed by atoms with E-state index >= 15 is 0 Å². The molecule has 3 rings (SSSR count). The van der Waals surface area contributed by atoms with Crippen LogP contribution in [0, 0.1) is 0 Å². The van der Waals surface area contributed by atoms with Crippen LogP contribution in [0.3, 0.4) is 0 Å². The van der Waals surface area contributed by atoms with Crippen LogP contribution >= 0.6 is 0 Å². The number of hydrogen-bond donors (Lipinski definition) is 1. The summed E-state index contributed by atoms with van der Waals surface area (Å²) in [6, 6.07) is 16.0. The molecule has 7 heteroatoms. The fourth-order valence-corrected chi connectivity index (χ4v) is 4.67. The van der Waals surface area contributed by atoms with Crippen molar-refractivity contribution >= 4 is 12.0 Å². The quantitative estimate of drug-likeness (QED) is 0.505. The zero-order valence-electron chi connectivity index (χ0n) is 23.4. The van der Waals surface area contributed by atoms with Gasteiger partial charge in [-0.1, -0.05) is 36.4 Å². The maximum Gasteiger partial charge on any atom is 0.411 e. The number of amides is 2. The summed E-state index contributed by atoms with van der Waals surface area (Å²) in [5.74, 6) is 0.580. The van der Waals surface area contributed by atoms with E-state index in [1.807, 2.05) is 69.3 Å². The molecule has 0 saturated heterocycles. The second-order valence-corrected chi connectivity index (χ2v) is 11.2. The van der Waals surface area contributed by atoms with Crippen LogP contribution in [0.5, 0.6) is 5.75 Å². The van der Waals surface area contributed by atoms with Crippen molar-refractivity contribution in [1.82, 2.24) is 15.1 Å². The van der Waals surface area contributed by atoms with Crippen LogP contribution in [-0.2, 0) is 29.1 Å². The van der Waals surface area contributed by atoms with Gasteiger partial charge in [0.2, 0.25) is 5.91 Å². The SMILES string of the molecule is CC(C)N(CCNC(=O)C1Cc2cc(OCc3ccccc3)ccc2CN1C(=O)OC(C)(C)C)C(C)C. The predicted octanol–water partition coefficient (Wildman–Crippen LogP) is 5.16. The number of fused-ring (bicyclic) bond motifs is 1. The molecule has 1 atom stereocenters. The summed E-state index contributed by atoms with van der Waals surface area (Å²) >= 11 is 0. The number of nitrogens with zero attached hydrogens (tertiary/aromatic N) is 2. The lowest BCUT2D eigenvalue weighted by molar-refractivity contribution is -0.127. The molecule has 0 spiro atoms. The van der Waals surface area contributed by atoms with Crippen LogP contribution in [0.1, 0.15) is 65.2 Å². The van der Waals surface area contributed by atoms with Gasteiger partial charge in [-0.15, -0.1) is 0 Å². The molecular weight excluding hydrogens is 466 g/mol. The highest BCUT2D eigenvalue weighted by Crippen LogP contribution is 2.29. The molecule has 2 aromatic carbocycles. The molecule has 1 aliphatic heterocycles. The molecular formula is C30H43N3O4. The molecule has 0 radical (unpaired) electrons. The molecule has 7 nitrogen and oxygen atoms in total. The Balaban J connectivity index is 1.75. The minimum absolute atomic E-state index is 0.167. The van der Waals surface area contributed by atoms with Crippen LogP contribution in [0.2, 0.25) is 0 Å². The van der Waals surface area contributed by atoms with Crippen molar-refractivity contribution in [3.8, 4) is 5.75 Å². The molecule has 1 N–H and O–H groups in total. The first-order valence-electron chi connectivity index (χ1n) is 13.3. The van der Waals surface area contributed by atoms with Crippen LogP contribution in [0.25, 0.3) is 0 Å². The normalized spacial score (nSPS) is 15.6. The molecule has 1 heterocycles. The fraction of sp³-hybridized carbons (Fsp3) is 0.533. The second kappa shape index (κ2) is 12.5. The molecule has 1 unspecified atom stereocenters. The van der Waals surface area contributed by atoms with Crippen molar-refractivity contribution in [3.63, 3.8) is 0 Å². The summed E-state index contributed by atoms with van der Waals surface area (Å²) in [6.07, 6.45) is -0.0743. The van der Waals surface area contributed by atoms with Crippen LogP contribution in [0.4, 0.5) is 4.79 Å². The highest BCUT2D eigenvalue weighted by Gasteiger charge is 2.37. The van der Waals surface area contributed by atoms with Gasteiger partial charge in [-0.2, -0.15) is 0 Å². The Kier molecular flexibility index (Phi) is 9.60. The number of ether oxygens (including phenoxy) is 2. The van der Waals surface area contributed by atoms with Crippen molar-refractivity contribution in [3.05, 3.63) is 65.2 Å². The van der Waals surface area contributed by atoms with Crippen LogP contribution in [0.15, 0.2) is 48.5 Å². The van der Waals surface area contributed by atoms with Gasteiger partial charge in [0.15, 0.2) is 0 Å². The van der Waals surface area contributed by atoms with Crippen molar-refractivity contribution in [2.45, 2.75) is 91.8 Å². The Labute approximate surface area is 222 Å². The summed E-state index contributed by atoms with van der Waals surface area (Å²) in [4.78, 5) is 30.4. The lowest BCUT2D eigenvalue weighted by Gasteiger charge is -2.37. The van der Waals surface area contributed by atoms with E-state index in [0.717, 1.165) is 29.0 Å². The predicted molar refractivity (Wildman–Crippen MR) is 146 cm³/mol. The van der Waals surface area contributed by atoms with Gasteiger partial charge in [0.05, 0.1) is 6.54 Å². The number of carbonyl (C=O) groups is 2. The van der Waals surface area contributed by atoms with E-state index in [2.05, 4.69) is 37.9 Å². The molecule has 1 aliphatic rings. The van der Waals surface area contributed by atoms with E-state index in [1.54, 1.807) is 4.90 Å². The smallest absolute Gasteiger partial charge is 0.411 e. The molecule has 0 aliphatic carbocycles. The number of nitrogens with one attached hydrogen (secondary N) is 1. The molecule has 0 fully saturated rings. The Morgan fingerprint density at radius 1 is 1.03 bits per heavy atom. The standard InChI is InChI=1S/C30H43N3O4/c1-21(2)32(22(3)4)16-15-31-28(34)27-18-25-17-26(36-20-23-11-9-8-10-12-23)14-13-24(25)19-33(27)29(35)37-30(5,6)7/h8-14,17,21-22,27H,15-16,18-20H2,1-7H3,(H,31,34). The first-order chi connectivity index (χ1) is 17.4. The van der Waals surface area contributed by atoms with Crippen molar-refractivity contribution < 1.29 is 19.1 Å². The first kappa shape index (κ1) is 28.5. The summed E-state index contributed by atoms with van der Waals surface area (Å²) < 4.78 is 11.7. The molecule has 0 aromatic heterocycles. The molecule has 202 valence electrons. The van der Waals surface area contributed by atoms with Gasteiger partial charge in [-0.3, -0.25) is 14.6 Å². The van der Waals surface area contributed by atoms with E-state index < -0.39 is 17.7 Å². The van der Waals surface area contributed by atoms with Crippen LogP contribution in [-0.4, -0.2) is 58.6 Å². The molecule has 2 amide bonds. The molecule has 2 aromatic rings. The Morgan fingerprint density at radius 2 is 1.70 bits per heavy atom. The van der Waals surface area contributed by atoms with Crippen molar-refractivity contribution in [1.29, 1.82) is 0 Å². The third-order valence-electron chi connectivity index (χ3n) is 6.48. The number of hydrogen-bond acceptors (Lipinski definition) is 5. The maximum atomic E-state index is 13.4.